The SMILES string of the molecule is COc1cc(Cl)c(C)cc1NC(C)C(=O)Nc1ccnn1C(C)C. The molecule has 0 saturated heterocycles. The summed E-state index contributed by atoms with van der Waals surface area (Å²) in [6.45, 7) is 7.70. The fourth-order valence-corrected chi connectivity index (χ4v) is 2.46. The van der Waals surface area contributed by atoms with E-state index >= 15 is 0 Å². The Bertz CT molecular complexity index is 727. The number of methoxy groups -OCH3 is 1. The number of aryl methyl sites for hydroxylation is 1. The zero-order valence-corrected chi connectivity index (χ0v) is 15.3. The van der Waals surface area contributed by atoms with E-state index in [1.165, 1.54) is 0 Å². The Morgan fingerprint density at radius 2 is 2.04 bits per heavy atom. The molecule has 2 aromatic rings. The maximum Gasteiger partial charge on any atom is 0.247 e. The molecular weight excluding hydrogens is 328 g/mol. The van der Waals surface area contributed by atoms with Crippen molar-refractivity contribution in [2.45, 2.75) is 39.8 Å². The molecule has 0 bridgehead atoms. The van der Waals surface area contributed by atoms with E-state index in [2.05, 4.69) is 15.7 Å². The summed E-state index contributed by atoms with van der Waals surface area (Å²) in [5.41, 5.74) is 1.63. The quantitative estimate of drug-likeness (QED) is 0.829. The third-order valence-corrected chi connectivity index (χ3v) is 4.06. The van der Waals surface area contributed by atoms with Crippen molar-refractivity contribution in [1.29, 1.82) is 0 Å². The minimum Gasteiger partial charge on any atom is -0.495 e. The molecule has 0 aliphatic rings. The minimum atomic E-state index is -0.463. The van der Waals surface area contributed by atoms with Crippen molar-refractivity contribution in [3.63, 3.8) is 0 Å². The highest BCUT2D eigenvalue weighted by atomic mass is 35.5. The fraction of sp³-hybridized carbons (Fsp3) is 0.412. The average Bonchev–Trinajstić information content (AvgIpc) is 2.98. The van der Waals surface area contributed by atoms with Crippen LogP contribution < -0.4 is 15.4 Å². The highest BCUT2D eigenvalue weighted by Crippen LogP contribution is 2.31. The van der Waals surface area contributed by atoms with Gasteiger partial charge in [0.15, 0.2) is 0 Å². The van der Waals surface area contributed by atoms with Crippen LogP contribution in [0.25, 0.3) is 0 Å². The third kappa shape index (κ3) is 4.00. The van der Waals surface area contributed by atoms with Gasteiger partial charge in [-0.05, 0) is 39.3 Å². The molecule has 2 rings (SSSR count). The van der Waals surface area contributed by atoms with Gasteiger partial charge in [0.2, 0.25) is 5.91 Å². The Hall–Kier alpha value is -2.21. The second kappa shape index (κ2) is 7.57. The maximum absolute atomic E-state index is 12.5. The summed E-state index contributed by atoms with van der Waals surface area (Å²) in [6, 6.07) is 5.08. The summed E-state index contributed by atoms with van der Waals surface area (Å²) in [6.07, 6.45) is 1.67. The Balaban J connectivity index is 2.12. The van der Waals surface area contributed by atoms with E-state index in [0.29, 0.717) is 16.6 Å². The number of anilines is 2. The van der Waals surface area contributed by atoms with Gasteiger partial charge < -0.3 is 15.4 Å². The van der Waals surface area contributed by atoms with Gasteiger partial charge in [-0.3, -0.25) is 4.79 Å². The number of amides is 1. The molecule has 0 aliphatic carbocycles. The number of carbonyl (C=O) groups excluding carboxylic acids is 1. The molecular formula is C17H23ClN4O2. The minimum absolute atomic E-state index is 0.160. The van der Waals surface area contributed by atoms with Crippen LogP contribution in [-0.2, 0) is 4.79 Å². The smallest absolute Gasteiger partial charge is 0.247 e. The molecule has 6 nitrogen and oxygen atoms in total. The molecule has 1 atom stereocenters. The lowest BCUT2D eigenvalue weighted by Crippen LogP contribution is -2.33. The molecule has 1 aromatic carbocycles. The fourth-order valence-electron chi connectivity index (χ4n) is 2.30. The summed E-state index contributed by atoms with van der Waals surface area (Å²) in [5, 5.41) is 10.9. The molecule has 1 aromatic heterocycles. The van der Waals surface area contributed by atoms with Gasteiger partial charge in [-0.25, -0.2) is 4.68 Å². The van der Waals surface area contributed by atoms with Gasteiger partial charge in [0.05, 0.1) is 19.0 Å². The van der Waals surface area contributed by atoms with E-state index in [4.69, 9.17) is 16.3 Å². The van der Waals surface area contributed by atoms with E-state index in [0.717, 1.165) is 11.3 Å². The van der Waals surface area contributed by atoms with Gasteiger partial charge in [0.1, 0.15) is 17.6 Å². The number of nitrogens with zero attached hydrogens (tertiary/aromatic N) is 2. The van der Waals surface area contributed by atoms with Crippen LogP contribution in [-0.4, -0.2) is 28.8 Å². The van der Waals surface area contributed by atoms with Crippen molar-refractivity contribution in [3.8, 4) is 5.75 Å². The normalized spacial score (nSPS) is 12.1. The number of ether oxygens (including phenoxy) is 1. The molecule has 0 saturated carbocycles. The molecule has 0 aliphatic heterocycles. The van der Waals surface area contributed by atoms with Crippen LogP contribution in [0, 0.1) is 6.92 Å². The van der Waals surface area contributed by atoms with Crippen LogP contribution >= 0.6 is 11.6 Å². The molecule has 24 heavy (non-hydrogen) atoms. The van der Waals surface area contributed by atoms with Gasteiger partial charge in [0, 0.05) is 23.2 Å². The number of hydrogen-bond acceptors (Lipinski definition) is 4. The van der Waals surface area contributed by atoms with E-state index in [9.17, 15) is 4.79 Å². The molecule has 1 amide bonds. The Kier molecular flexibility index (Phi) is 5.72. The lowest BCUT2D eigenvalue weighted by molar-refractivity contribution is -0.116. The number of aromatic nitrogens is 2. The lowest BCUT2D eigenvalue weighted by Gasteiger charge is -2.19. The summed E-state index contributed by atoms with van der Waals surface area (Å²) in [7, 11) is 1.57. The number of benzene rings is 1. The highest BCUT2D eigenvalue weighted by Gasteiger charge is 2.18. The van der Waals surface area contributed by atoms with Crippen LogP contribution in [0.2, 0.25) is 5.02 Å². The van der Waals surface area contributed by atoms with Crippen molar-refractivity contribution in [1.82, 2.24) is 9.78 Å². The number of carbonyl (C=O) groups is 1. The summed E-state index contributed by atoms with van der Waals surface area (Å²) >= 11 is 6.11. The first kappa shape index (κ1) is 18.1. The van der Waals surface area contributed by atoms with Gasteiger partial charge in [0.25, 0.3) is 0 Å². The topological polar surface area (TPSA) is 68.2 Å². The van der Waals surface area contributed by atoms with Gasteiger partial charge in [-0.2, -0.15) is 5.10 Å². The van der Waals surface area contributed by atoms with Crippen LogP contribution in [0.15, 0.2) is 24.4 Å². The van der Waals surface area contributed by atoms with Gasteiger partial charge in [-0.1, -0.05) is 11.6 Å². The van der Waals surface area contributed by atoms with Crippen molar-refractivity contribution >= 4 is 29.0 Å². The van der Waals surface area contributed by atoms with Crippen molar-refractivity contribution < 1.29 is 9.53 Å². The first-order valence-electron chi connectivity index (χ1n) is 7.78. The van der Waals surface area contributed by atoms with Crippen molar-refractivity contribution in [3.05, 3.63) is 35.0 Å². The average molecular weight is 351 g/mol. The van der Waals surface area contributed by atoms with Crippen LogP contribution in [0.5, 0.6) is 5.75 Å². The number of nitrogens with one attached hydrogen (secondary N) is 2. The molecule has 0 fully saturated rings. The number of rotatable bonds is 6. The van der Waals surface area contributed by atoms with Gasteiger partial charge in [-0.15, -0.1) is 0 Å². The molecule has 1 unspecified atom stereocenters. The second-order valence-electron chi connectivity index (χ2n) is 5.91. The third-order valence-electron chi connectivity index (χ3n) is 3.66. The van der Waals surface area contributed by atoms with Crippen LogP contribution in [0.4, 0.5) is 11.5 Å². The predicted molar refractivity (Wildman–Crippen MR) is 97.1 cm³/mol. The number of halogens is 1. The van der Waals surface area contributed by atoms with E-state index < -0.39 is 6.04 Å². The van der Waals surface area contributed by atoms with E-state index in [1.807, 2.05) is 26.8 Å². The van der Waals surface area contributed by atoms with E-state index in [1.54, 1.807) is 37.0 Å². The highest BCUT2D eigenvalue weighted by molar-refractivity contribution is 6.31. The largest absolute Gasteiger partial charge is 0.495 e. The summed E-state index contributed by atoms with van der Waals surface area (Å²) in [5.74, 6) is 1.10. The lowest BCUT2D eigenvalue weighted by atomic mass is 10.2. The molecule has 130 valence electrons. The first-order chi connectivity index (χ1) is 11.3. The maximum atomic E-state index is 12.5. The molecule has 2 N–H and O–H groups in total. The Morgan fingerprint density at radius 1 is 1.33 bits per heavy atom. The summed E-state index contributed by atoms with van der Waals surface area (Å²) < 4.78 is 7.09. The molecule has 0 spiro atoms. The number of hydrogen-bond donors (Lipinski definition) is 2. The standard InChI is InChI=1S/C17H23ClN4O2/c1-10(2)22-16(6-7-19-22)21-17(23)12(4)20-14-8-11(3)13(18)9-15(14)24-5/h6-10,12,20H,1-5H3,(H,21,23). The monoisotopic (exact) mass is 350 g/mol. The molecule has 1 heterocycles. The van der Waals surface area contributed by atoms with Crippen molar-refractivity contribution in [2.75, 3.05) is 17.7 Å². The zero-order chi connectivity index (χ0) is 17.9. The van der Waals surface area contributed by atoms with Crippen molar-refractivity contribution in [2.24, 2.45) is 0 Å². The van der Waals surface area contributed by atoms with Crippen LogP contribution in [0.3, 0.4) is 0 Å². The second-order valence-corrected chi connectivity index (χ2v) is 6.32. The first-order valence-corrected chi connectivity index (χ1v) is 8.16. The Labute approximate surface area is 147 Å². The van der Waals surface area contributed by atoms with Crippen LogP contribution in [0.1, 0.15) is 32.4 Å². The molecule has 0 radical (unpaired) electrons. The Morgan fingerprint density at radius 3 is 2.67 bits per heavy atom. The molecule has 7 heteroatoms. The van der Waals surface area contributed by atoms with Gasteiger partial charge >= 0.3 is 0 Å². The summed E-state index contributed by atoms with van der Waals surface area (Å²) in [4.78, 5) is 12.5. The predicted octanol–water partition coefficient (Wildman–Crippen LogP) is 3.87. The zero-order valence-electron chi connectivity index (χ0n) is 14.6. The van der Waals surface area contributed by atoms with E-state index in [-0.39, 0.29) is 11.9 Å².